The number of aliphatic hydroxyl groups excluding tert-OH is 1. The largest absolute Gasteiger partial charge is 0.384 e. The van der Waals surface area contributed by atoms with Gasteiger partial charge in [0.15, 0.2) is 0 Å². The van der Waals surface area contributed by atoms with Gasteiger partial charge in [-0.15, -0.1) is 0 Å². The van der Waals surface area contributed by atoms with Gasteiger partial charge in [-0.05, 0) is 51.9 Å². The second kappa shape index (κ2) is 5.68. The minimum absolute atomic E-state index is 0.455. The summed E-state index contributed by atoms with van der Waals surface area (Å²) in [5, 5.41) is 11.6. The fourth-order valence-electron chi connectivity index (χ4n) is 3.21. The van der Waals surface area contributed by atoms with Gasteiger partial charge in [0.05, 0.1) is 10.0 Å². The lowest BCUT2D eigenvalue weighted by atomic mass is 9.97. The molecule has 0 spiro atoms. The normalized spacial score (nSPS) is 13.5. The van der Waals surface area contributed by atoms with E-state index in [4.69, 9.17) is 23.2 Å². The standard InChI is InChI=1S/C20H14Cl2O/c21-18-8-6-14(11-19(18)22)20(23)13-5-7-17-15(10-13)9-12-3-1-2-4-16(12)17/h1-8,10-11,20,23H,9H2/t20-/m0/s1. The number of halogens is 2. The van der Waals surface area contributed by atoms with Crippen LogP contribution in [0.25, 0.3) is 11.1 Å². The number of hydrogen-bond donors (Lipinski definition) is 1. The quantitative estimate of drug-likeness (QED) is 0.500. The molecule has 1 atom stereocenters. The van der Waals surface area contributed by atoms with E-state index in [-0.39, 0.29) is 0 Å². The van der Waals surface area contributed by atoms with E-state index in [2.05, 4.69) is 36.4 Å². The molecule has 1 N–H and O–H groups in total. The van der Waals surface area contributed by atoms with Crippen LogP contribution in [0.5, 0.6) is 0 Å². The highest BCUT2D eigenvalue weighted by molar-refractivity contribution is 6.42. The fraction of sp³-hybridized carbons (Fsp3) is 0.100. The Bertz CT molecular complexity index is 902. The van der Waals surface area contributed by atoms with Crippen molar-refractivity contribution in [3.05, 3.63) is 93.0 Å². The molecule has 0 saturated heterocycles. The number of benzene rings is 3. The molecule has 3 aromatic carbocycles. The summed E-state index contributed by atoms with van der Waals surface area (Å²) in [6.07, 6.45) is 0.201. The first-order chi connectivity index (χ1) is 11.1. The molecule has 0 saturated carbocycles. The van der Waals surface area contributed by atoms with E-state index < -0.39 is 6.10 Å². The van der Waals surface area contributed by atoms with E-state index in [0.717, 1.165) is 17.5 Å². The highest BCUT2D eigenvalue weighted by Gasteiger charge is 2.20. The summed E-state index contributed by atoms with van der Waals surface area (Å²) in [7, 11) is 0. The first kappa shape index (κ1) is 14.8. The van der Waals surface area contributed by atoms with Gasteiger partial charge >= 0.3 is 0 Å². The maximum atomic E-state index is 10.7. The van der Waals surface area contributed by atoms with Crippen molar-refractivity contribution in [3.63, 3.8) is 0 Å². The molecule has 3 heteroatoms. The highest BCUT2D eigenvalue weighted by atomic mass is 35.5. The minimum atomic E-state index is -0.709. The topological polar surface area (TPSA) is 20.2 Å². The van der Waals surface area contributed by atoms with E-state index in [1.807, 2.05) is 6.07 Å². The molecule has 1 aliphatic rings. The molecular weight excluding hydrogens is 327 g/mol. The Morgan fingerprint density at radius 1 is 0.739 bits per heavy atom. The Hall–Kier alpha value is -1.80. The first-order valence-electron chi connectivity index (χ1n) is 7.47. The van der Waals surface area contributed by atoms with Crippen LogP contribution in [0.4, 0.5) is 0 Å². The second-order valence-corrected chi connectivity index (χ2v) is 6.64. The van der Waals surface area contributed by atoms with Crippen LogP contribution in [-0.4, -0.2) is 5.11 Å². The molecule has 0 amide bonds. The van der Waals surface area contributed by atoms with Gasteiger partial charge in [-0.1, -0.05) is 71.7 Å². The third-order valence-electron chi connectivity index (χ3n) is 4.39. The van der Waals surface area contributed by atoms with Gasteiger partial charge in [0.1, 0.15) is 6.10 Å². The van der Waals surface area contributed by atoms with Gasteiger partial charge in [-0.25, -0.2) is 0 Å². The molecule has 0 aliphatic heterocycles. The Morgan fingerprint density at radius 2 is 1.43 bits per heavy atom. The van der Waals surface area contributed by atoms with E-state index >= 15 is 0 Å². The molecule has 1 nitrogen and oxygen atoms in total. The molecule has 0 unspecified atom stereocenters. The molecule has 0 aromatic heterocycles. The molecule has 3 aromatic rings. The van der Waals surface area contributed by atoms with Crippen molar-refractivity contribution in [3.8, 4) is 11.1 Å². The summed E-state index contributed by atoms with van der Waals surface area (Å²) in [6, 6.07) is 19.8. The van der Waals surface area contributed by atoms with Crippen molar-refractivity contribution in [2.24, 2.45) is 0 Å². The van der Waals surface area contributed by atoms with Crippen molar-refractivity contribution < 1.29 is 5.11 Å². The predicted molar refractivity (Wildman–Crippen MR) is 95.2 cm³/mol. The minimum Gasteiger partial charge on any atom is -0.384 e. The Balaban J connectivity index is 1.71. The number of rotatable bonds is 2. The van der Waals surface area contributed by atoms with Crippen LogP contribution >= 0.6 is 23.2 Å². The monoisotopic (exact) mass is 340 g/mol. The van der Waals surface area contributed by atoms with Gasteiger partial charge in [-0.2, -0.15) is 0 Å². The maximum Gasteiger partial charge on any atom is 0.104 e. The third-order valence-corrected chi connectivity index (χ3v) is 5.13. The lowest BCUT2D eigenvalue weighted by Crippen LogP contribution is -2.00. The average molecular weight is 341 g/mol. The van der Waals surface area contributed by atoms with Crippen molar-refractivity contribution in [1.82, 2.24) is 0 Å². The van der Waals surface area contributed by atoms with E-state index in [1.165, 1.54) is 22.3 Å². The fourth-order valence-corrected chi connectivity index (χ4v) is 3.52. The Labute approximate surface area is 145 Å². The van der Waals surface area contributed by atoms with Crippen LogP contribution in [0.15, 0.2) is 60.7 Å². The van der Waals surface area contributed by atoms with E-state index in [1.54, 1.807) is 18.2 Å². The molecule has 1 aliphatic carbocycles. The molecule has 0 bridgehead atoms. The zero-order valence-electron chi connectivity index (χ0n) is 12.3. The zero-order valence-corrected chi connectivity index (χ0v) is 13.8. The summed E-state index contributed by atoms with van der Waals surface area (Å²) in [5.74, 6) is 0. The molecular formula is C20H14Cl2O. The van der Waals surface area contributed by atoms with Crippen LogP contribution in [0.3, 0.4) is 0 Å². The summed E-state index contributed by atoms with van der Waals surface area (Å²) in [4.78, 5) is 0. The van der Waals surface area contributed by atoms with Crippen LogP contribution < -0.4 is 0 Å². The van der Waals surface area contributed by atoms with Crippen molar-refractivity contribution >= 4 is 23.2 Å². The van der Waals surface area contributed by atoms with Crippen LogP contribution in [0.2, 0.25) is 10.0 Å². The van der Waals surface area contributed by atoms with Gasteiger partial charge < -0.3 is 5.11 Å². The molecule has 114 valence electrons. The molecule has 4 rings (SSSR count). The van der Waals surface area contributed by atoms with Crippen molar-refractivity contribution in [1.29, 1.82) is 0 Å². The molecule has 23 heavy (non-hydrogen) atoms. The van der Waals surface area contributed by atoms with Crippen LogP contribution in [0.1, 0.15) is 28.4 Å². The van der Waals surface area contributed by atoms with Gasteiger partial charge in [0, 0.05) is 0 Å². The molecule has 0 heterocycles. The SMILES string of the molecule is O[C@H](c1ccc(Cl)c(Cl)c1)c1ccc2c(c1)Cc1ccccc1-2. The summed E-state index contributed by atoms with van der Waals surface area (Å²) < 4.78 is 0. The highest BCUT2D eigenvalue weighted by Crippen LogP contribution is 2.38. The molecule has 0 radical (unpaired) electrons. The summed E-state index contributed by atoms with van der Waals surface area (Å²) in [6.45, 7) is 0. The van der Waals surface area contributed by atoms with Gasteiger partial charge in [0.2, 0.25) is 0 Å². The third kappa shape index (κ3) is 2.55. The Morgan fingerprint density at radius 3 is 2.26 bits per heavy atom. The Kier molecular flexibility index (Phi) is 3.65. The van der Waals surface area contributed by atoms with Crippen LogP contribution in [-0.2, 0) is 6.42 Å². The maximum absolute atomic E-state index is 10.7. The lowest BCUT2D eigenvalue weighted by molar-refractivity contribution is 0.220. The smallest absolute Gasteiger partial charge is 0.104 e. The number of hydrogen-bond acceptors (Lipinski definition) is 1. The van der Waals surface area contributed by atoms with E-state index in [9.17, 15) is 5.11 Å². The number of fused-ring (bicyclic) bond motifs is 3. The lowest BCUT2D eigenvalue weighted by Gasteiger charge is -2.14. The van der Waals surface area contributed by atoms with Crippen molar-refractivity contribution in [2.75, 3.05) is 0 Å². The molecule has 0 fully saturated rings. The van der Waals surface area contributed by atoms with E-state index in [0.29, 0.717) is 10.0 Å². The first-order valence-corrected chi connectivity index (χ1v) is 8.23. The summed E-state index contributed by atoms with van der Waals surface area (Å²) in [5.41, 5.74) is 6.75. The second-order valence-electron chi connectivity index (χ2n) is 5.83. The zero-order chi connectivity index (χ0) is 16.0. The number of aliphatic hydroxyl groups is 1. The van der Waals surface area contributed by atoms with Crippen molar-refractivity contribution in [2.45, 2.75) is 12.5 Å². The van der Waals surface area contributed by atoms with Crippen LogP contribution in [0, 0.1) is 0 Å². The average Bonchev–Trinajstić information content (AvgIpc) is 2.94. The van der Waals surface area contributed by atoms with Gasteiger partial charge in [0.25, 0.3) is 0 Å². The summed E-state index contributed by atoms with van der Waals surface area (Å²) >= 11 is 12.0. The predicted octanol–water partition coefficient (Wildman–Crippen LogP) is 5.65. The van der Waals surface area contributed by atoms with Gasteiger partial charge in [-0.3, -0.25) is 0 Å².